The third-order valence-electron chi connectivity index (χ3n) is 2.49. The van der Waals surface area contributed by atoms with E-state index in [2.05, 4.69) is 37.0 Å². The van der Waals surface area contributed by atoms with E-state index in [0.717, 1.165) is 11.6 Å². The molecule has 1 saturated carbocycles. The van der Waals surface area contributed by atoms with Gasteiger partial charge in [0.2, 0.25) is 0 Å². The summed E-state index contributed by atoms with van der Waals surface area (Å²) >= 11 is 0. The number of hydrogen-bond donors (Lipinski definition) is 0. The number of hydrogen-bond acceptors (Lipinski definition) is 2. The van der Waals surface area contributed by atoms with Gasteiger partial charge in [-0.1, -0.05) is 20.8 Å². The molecule has 0 radical (unpaired) electrons. The Morgan fingerprint density at radius 3 is 2.54 bits per heavy atom. The Balaban J connectivity index is 2.32. The van der Waals surface area contributed by atoms with Crippen LogP contribution in [-0.2, 0) is 5.41 Å². The van der Waals surface area contributed by atoms with Gasteiger partial charge < -0.3 is 0 Å². The number of rotatable bonds is 1. The molecule has 1 aliphatic carbocycles. The van der Waals surface area contributed by atoms with E-state index >= 15 is 0 Å². The van der Waals surface area contributed by atoms with E-state index < -0.39 is 0 Å². The lowest BCUT2D eigenvalue weighted by Gasteiger charge is -2.17. The summed E-state index contributed by atoms with van der Waals surface area (Å²) in [6.45, 7) is 6.52. The van der Waals surface area contributed by atoms with Gasteiger partial charge in [-0.05, 0) is 30.4 Å². The molecule has 0 aliphatic heterocycles. The van der Waals surface area contributed by atoms with E-state index in [9.17, 15) is 0 Å². The van der Waals surface area contributed by atoms with Crippen LogP contribution < -0.4 is 0 Å². The predicted octanol–water partition coefficient (Wildman–Crippen LogP) is 2.65. The van der Waals surface area contributed by atoms with E-state index in [4.69, 9.17) is 0 Å². The van der Waals surface area contributed by atoms with Crippen LogP contribution in [0.5, 0.6) is 0 Å². The fourth-order valence-electron chi connectivity index (χ4n) is 1.39. The third-order valence-corrected chi connectivity index (χ3v) is 2.49. The minimum atomic E-state index is 0.123. The van der Waals surface area contributed by atoms with E-state index in [1.165, 1.54) is 18.4 Å². The van der Waals surface area contributed by atoms with Crippen LogP contribution in [-0.4, -0.2) is 10.2 Å². The number of aromatic nitrogens is 2. The molecule has 0 saturated heterocycles. The van der Waals surface area contributed by atoms with Gasteiger partial charge in [-0.2, -0.15) is 10.2 Å². The molecule has 1 aromatic heterocycles. The third kappa shape index (κ3) is 1.87. The number of nitrogens with zero attached hydrogens (tertiary/aromatic N) is 2. The fraction of sp³-hybridized carbons (Fsp3) is 0.636. The molecule has 0 unspecified atom stereocenters. The molecule has 2 heteroatoms. The van der Waals surface area contributed by atoms with Gasteiger partial charge in [-0.25, -0.2) is 0 Å². The SMILES string of the molecule is CC(C)(C)c1cc(C2CC2)cnn1. The lowest BCUT2D eigenvalue weighted by Crippen LogP contribution is -2.14. The van der Waals surface area contributed by atoms with Crippen LogP contribution in [0.3, 0.4) is 0 Å². The Labute approximate surface area is 79.4 Å². The average Bonchev–Trinajstić information content (AvgIpc) is 2.85. The molecule has 0 aromatic carbocycles. The summed E-state index contributed by atoms with van der Waals surface area (Å²) in [4.78, 5) is 0. The highest BCUT2D eigenvalue weighted by Gasteiger charge is 2.25. The van der Waals surface area contributed by atoms with Crippen LogP contribution in [0.25, 0.3) is 0 Å². The van der Waals surface area contributed by atoms with Gasteiger partial charge in [0.05, 0.1) is 11.9 Å². The summed E-state index contributed by atoms with van der Waals surface area (Å²) in [6, 6.07) is 2.21. The highest BCUT2D eigenvalue weighted by molar-refractivity contribution is 5.24. The zero-order valence-electron chi connectivity index (χ0n) is 8.54. The molecule has 2 nitrogen and oxygen atoms in total. The Kier molecular flexibility index (Phi) is 1.86. The van der Waals surface area contributed by atoms with Gasteiger partial charge in [0.15, 0.2) is 0 Å². The standard InChI is InChI=1S/C11H16N2/c1-11(2,3)10-6-9(7-12-13-10)8-4-5-8/h6-8H,4-5H2,1-3H3. The molecule has 0 spiro atoms. The second-order valence-electron chi connectivity index (χ2n) is 4.90. The van der Waals surface area contributed by atoms with Crippen LogP contribution >= 0.6 is 0 Å². The largest absolute Gasteiger partial charge is 0.159 e. The molecule has 1 fully saturated rings. The molecule has 2 rings (SSSR count). The first-order valence-electron chi connectivity index (χ1n) is 4.90. The molecule has 0 atom stereocenters. The molecule has 0 amide bonds. The van der Waals surface area contributed by atoms with E-state index in [1.807, 2.05) is 6.20 Å². The second-order valence-corrected chi connectivity index (χ2v) is 4.90. The maximum Gasteiger partial charge on any atom is 0.0687 e. The monoisotopic (exact) mass is 176 g/mol. The minimum absolute atomic E-state index is 0.123. The van der Waals surface area contributed by atoms with Crippen molar-refractivity contribution in [1.82, 2.24) is 10.2 Å². The van der Waals surface area contributed by atoms with Crippen molar-refractivity contribution < 1.29 is 0 Å². The predicted molar refractivity (Wildman–Crippen MR) is 52.7 cm³/mol. The molecular weight excluding hydrogens is 160 g/mol. The van der Waals surface area contributed by atoms with E-state index in [0.29, 0.717) is 0 Å². The van der Waals surface area contributed by atoms with Crippen molar-refractivity contribution in [2.24, 2.45) is 0 Å². The Morgan fingerprint density at radius 1 is 1.31 bits per heavy atom. The van der Waals surface area contributed by atoms with Gasteiger partial charge in [-0.3, -0.25) is 0 Å². The van der Waals surface area contributed by atoms with E-state index in [-0.39, 0.29) is 5.41 Å². The van der Waals surface area contributed by atoms with Gasteiger partial charge in [0, 0.05) is 5.41 Å². The van der Waals surface area contributed by atoms with Crippen LogP contribution in [0.4, 0.5) is 0 Å². The summed E-state index contributed by atoms with van der Waals surface area (Å²) in [6.07, 6.45) is 4.57. The first-order chi connectivity index (χ1) is 6.07. The van der Waals surface area contributed by atoms with Crippen molar-refractivity contribution in [3.05, 3.63) is 23.5 Å². The maximum absolute atomic E-state index is 4.17. The molecule has 70 valence electrons. The van der Waals surface area contributed by atoms with Crippen molar-refractivity contribution >= 4 is 0 Å². The van der Waals surface area contributed by atoms with Gasteiger partial charge >= 0.3 is 0 Å². The van der Waals surface area contributed by atoms with Crippen molar-refractivity contribution in [3.8, 4) is 0 Å². The Hall–Kier alpha value is -0.920. The summed E-state index contributed by atoms with van der Waals surface area (Å²) in [7, 11) is 0. The minimum Gasteiger partial charge on any atom is -0.159 e. The molecule has 1 aliphatic rings. The lowest BCUT2D eigenvalue weighted by atomic mass is 9.91. The summed E-state index contributed by atoms with van der Waals surface area (Å²) in [5.74, 6) is 0.775. The Morgan fingerprint density at radius 2 is 2.00 bits per heavy atom. The first-order valence-corrected chi connectivity index (χ1v) is 4.90. The Bertz CT molecular complexity index is 308. The van der Waals surface area contributed by atoms with E-state index in [1.54, 1.807) is 0 Å². The molecular formula is C11H16N2. The zero-order chi connectivity index (χ0) is 9.47. The van der Waals surface area contributed by atoms with Crippen molar-refractivity contribution in [2.45, 2.75) is 44.9 Å². The molecule has 0 N–H and O–H groups in total. The zero-order valence-corrected chi connectivity index (χ0v) is 8.54. The quantitative estimate of drug-likeness (QED) is 0.657. The lowest BCUT2D eigenvalue weighted by molar-refractivity contribution is 0.557. The smallest absolute Gasteiger partial charge is 0.0687 e. The van der Waals surface area contributed by atoms with Gasteiger partial charge in [-0.15, -0.1) is 0 Å². The van der Waals surface area contributed by atoms with Gasteiger partial charge in [0.1, 0.15) is 0 Å². The highest BCUT2D eigenvalue weighted by Crippen LogP contribution is 2.40. The topological polar surface area (TPSA) is 25.8 Å². The molecule has 1 heterocycles. The molecule has 13 heavy (non-hydrogen) atoms. The van der Waals surface area contributed by atoms with Crippen LogP contribution in [0.1, 0.15) is 50.8 Å². The molecule has 0 bridgehead atoms. The average molecular weight is 176 g/mol. The van der Waals surface area contributed by atoms with Crippen LogP contribution in [0, 0.1) is 0 Å². The van der Waals surface area contributed by atoms with Gasteiger partial charge in [0.25, 0.3) is 0 Å². The van der Waals surface area contributed by atoms with Crippen molar-refractivity contribution in [2.75, 3.05) is 0 Å². The van der Waals surface area contributed by atoms with Crippen LogP contribution in [0.15, 0.2) is 12.3 Å². The molecule has 1 aromatic rings. The highest BCUT2D eigenvalue weighted by atomic mass is 15.1. The summed E-state index contributed by atoms with van der Waals surface area (Å²) in [5, 5.41) is 8.23. The van der Waals surface area contributed by atoms with Crippen LogP contribution in [0.2, 0.25) is 0 Å². The second kappa shape index (κ2) is 2.79. The summed E-state index contributed by atoms with van der Waals surface area (Å²) in [5.41, 5.74) is 2.61. The normalized spacial score (nSPS) is 17.5. The van der Waals surface area contributed by atoms with Crippen molar-refractivity contribution in [3.63, 3.8) is 0 Å². The maximum atomic E-state index is 4.17. The first kappa shape index (κ1) is 8.67. The van der Waals surface area contributed by atoms with Crippen molar-refractivity contribution in [1.29, 1.82) is 0 Å². The summed E-state index contributed by atoms with van der Waals surface area (Å²) < 4.78 is 0. The fourth-order valence-corrected chi connectivity index (χ4v) is 1.39.